The van der Waals surface area contributed by atoms with Crippen LogP contribution in [0.4, 0.5) is 0 Å². The lowest BCUT2D eigenvalue weighted by Gasteiger charge is -2.03. The summed E-state index contributed by atoms with van der Waals surface area (Å²) in [6.45, 7) is 11.7. The van der Waals surface area contributed by atoms with Gasteiger partial charge in [-0.2, -0.15) is 0 Å². The minimum absolute atomic E-state index is 0.965. The van der Waals surface area contributed by atoms with Gasteiger partial charge < -0.3 is 0 Å². The largest absolute Gasteiger partial charge is 0.293 e. The zero-order valence-electron chi connectivity index (χ0n) is 9.38. The van der Waals surface area contributed by atoms with Crippen LogP contribution >= 0.6 is 0 Å². The van der Waals surface area contributed by atoms with Crippen molar-refractivity contribution in [3.05, 3.63) is 48.6 Å². The molecule has 0 aliphatic carbocycles. The summed E-state index contributed by atoms with van der Waals surface area (Å²) in [5, 5.41) is 0. The van der Waals surface area contributed by atoms with Crippen LogP contribution in [0, 0.1) is 0 Å². The molecule has 0 saturated carbocycles. The van der Waals surface area contributed by atoms with Crippen molar-refractivity contribution in [2.24, 2.45) is 4.99 Å². The van der Waals surface area contributed by atoms with Gasteiger partial charge in [0.25, 0.3) is 0 Å². The minimum atomic E-state index is 0.965. The Morgan fingerprint density at radius 3 is 2.50 bits per heavy atom. The summed E-state index contributed by atoms with van der Waals surface area (Å²) in [5.41, 5.74) is 3.26. The lowest BCUT2D eigenvalue weighted by molar-refractivity contribution is 1.13. The molecular formula is C13H19N. The molecule has 0 bridgehead atoms. The summed E-state index contributed by atoms with van der Waals surface area (Å²) >= 11 is 0. The van der Waals surface area contributed by atoms with E-state index in [2.05, 4.69) is 31.2 Å². The predicted molar refractivity (Wildman–Crippen MR) is 65.9 cm³/mol. The van der Waals surface area contributed by atoms with E-state index < -0.39 is 0 Å². The number of allylic oxidation sites excluding steroid dienone is 6. The second-order valence-corrected chi connectivity index (χ2v) is 3.01. The van der Waals surface area contributed by atoms with Crippen molar-refractivity contribution in [2.75, 3.05) is 7.05 Å². The SMILES string of the molecule is C=C/C=C\C(=C)/C(=C/C(C)=N\C)CC. The maximum atomic E-state index is 4.09. The van der Waals surface area contributed by atoms with Crippen LogP contribution in [-0.4, -0.2) is 12.8 Å². The van der Waals surface area contributed by atoms with Crippen LogP contribution in [0.5, 0.6) is 0 Å². The van der Waals surface area contributed by atoms with E-state index >= 15 is 0 Å². The molecule has 0 N–H and O–H groups in total. The number of hydrogen-bond donors (Lipinski definition) is 0. The topological polar surface area (TPSA) is 12.4 Å². The van der Waals surface area contributed by atoms with Crippen LogP contribution in [0.25, 0.3) is 0 Å². The molecular weight excluding hydrogens is 170 g/mol. The second-order valence-electron chi connectivity index (χ2n) is 3.01. The van der Waals surface area contributed by atoms with Crippen LogP contribution in [0.15, 0.2) is 53.6 Å². The molecule has 0 heterocycles. The van der Waals surface area contributed by atoms with Crippen LogP contribution in [0.1, 0.15) is 20.3 Å². The quantitative estimate of drug-likeness (QED) is 0.462. The highest BCUT2D eigenvalue weighted by molar-refractivity contribution is 5.94. The molecule has 0 aromatic rings. The van der Waals surface area contributed by atoms with Crippen molar-refractivity contribution in [3.63, 3.8) is 0 Å². The first kappa shape index (κ1) is 12.6. The summed E-state index contributed by atoms with van der Waals surface area (Å²) in [7, 11) is 1.79. The fourth-order valence-electron chi connectivity index (χ4n) is 1.03. The molecule has 76 valence electrons. The summed E-state index contributed by atoms with van der Waals surface area (Å²) in [4.78, 5) is 4.09. The molecule has 0 rings (SSSR count). The Bertz CT molecular complexity index is 290. The van der Waals surface area contributed by atoms with E-state index in [0.29, 0.717) is 0 Å². The van der Waals surface area contributed by atoms with Crippen LogP contribution in [0.3, 0.4) is 0 Å². The Morgan fingerprint density at radius 1 is 1.43 bits per heavy atom. The predicted octanol–water partition coefficient (Wildman–Crippen LogP) is 3.71. The van der Waals surface area contributed by atoms with Gasteiger partial charge in [0.15, 0.2) is 0 Å². The molecule has 1 nitrogen and oxygen atoms in total. The lowest BCUT2D eigenvalue weighted by atomic mass is 10.0. The Balaban J connectivity index is 4.72. The zero-order valence-corrected chi connectivity index (χ0v) is 9.38. The van der Waals surface area contributed by atoms with E-state index in [0.717, 1.165) is 17.7 Å². The first-order valence-electron chi connectivity index (χ1n) is 4.78. The molecule has 0 aliphatic heterocycles. The molecule has 0 atom stereocenters. The van der Waals surface area contributed by atoms with Gasteiger partial charge in [-0.05, 0) is 30.6 Å². The van der Waals surface area contributed by atoms with E-state index in [1.807, 2.05) is 19.1 Å². The monoisotopic (exact) mass is 189 g/mol. The van der Waals surface area contributed by atoms with Gasteiger partial charge in [0, 0.05) is 12.8 Å². The standard InChI is InChI=1S/C13H19N/c1-6-8-9-11(3)13(7-2)10-12(4)14-5/h6,8-10H,1,3,7H2,2,4-5H3/b9-8-,13-10+,14-12-. The summed E-state index contributed by atoms with van der Waals surface area (Å²) < 4.78 is 0. The Morgan fingerprint density at radius 2 is 2.07 bits per heavy atom. The highest BCUT2D eigenvalue weighted by Gasteiger charge is 1.96. The third kappa shape index (κ3) is 4.61. The fourth-order valence-corrected chi connectivity index (χ4v) is 1.03. The second kappa shape index (κ2) is 7.07. The Hall–Kier alpha value is -1.37. The fraction of sp³-hybridized carbons (Fsp3) is 0.308. The molecule has 0 spiro atoms. The van der Waals surface area contributed by atoms with Gasteiger partial charge >= 0.3 is 0 Å². The van der Waals surface area contributed by atoms with Gasteiger partial charge in [-0.25, -0.2) is 0 Å². The average Bonchev–Trinajstić information content (AvgIpc) is 2.21. The first-order chi connectivity index (χ1) is 6.65. The Labute approximate surface area is 87.3 Å². The molecule has 1 heteroatoms. The van der Waals surface area contributed by atoms with Crippen LogP contribution < -0.4 is 0 Å². The molecule has 0 fully saturated rings. The molecule has 0 aromatic heterocycles. The van der Waals surface area contributed by atoms with Gasteiger partial charge in [-0.1, -0.05) is 38.3 Å². The van der Waals surface area contributed by atoms with Crippen molar-refractivity contribution in [1.82, 2.24) is 0 Å². The maximum Gasteiger partial charge on any atom is 0.0316 e. The molecule has 0 aromatic carbocycles. The lowest BCUT2D eigenvalue weighted by Crippen LogP contribution is -1.90. The van der Waals surface area contributed by atoms with Crippen molar-refractivity contribution < 1.29 is 0 Å². The van der Waals surface area contributed by atoms with E-state index in [1.54, 1.807) is 13.1 Å². The minimum Gasteiger partial charge on any atom is -0.293 e. The molecule has 0 unspecified atom stereocenters. The molecule has 0 amide bonds. The summed E-state index contributed by atoms with van der Waals surface area (Å²) in [6, 6.07) is 0. The van der Waals surface area contributed by atoms with Crippen LogP contribution in [0.2, 0.25) is 0 Å². The summed E-state index contributed by atoms with van der Waals surface area (Å²) in [6.07, 6.45) is 8.64. The third-order valence-electron chi connectivity index (χ3n) is 1.96. The third-order valence-corrected chi connectivity index (χ3v) is 1.96. The first-order valence-corrected chi connectivity index (χ1v) is 4.78. The van der Waals surface area contributed by atoms with Gasteiger partial charge in [0.2, 0.25) is 0 Å². The van der Waals surface area contributed by atoms with Crippen molar-refractivity contribution in [3.8, 4) is 0 Å². The normalized spacial score (nSPS) is 13.4. The zero-order chi connectivity index (χ0) is 11.0. The highest BCUT2D eigenvalue weighted by atomic mass is 14.7. The summed E-state index contributed by atoms with van der Waals surface area (Å²) in [5.74, 6) is 0. The van der Waals surface area contributed by atoms with Gasteiger partial charge in [-0.15, -0.1) is 0 Å². The number of nitrogens with zero attached hydrogens (tertiary/aromatic N) is 1. The number of aliphatic imine (C=N–C) groups is 1. The average molecular weight is 189 g/mol. The molecule has 0 aliphatic rings. The van der Waals surface area contributed by atoms with Gasteiger partial charge in [0.05, 0.1) is 0 Å². The molecule has 0 radical (unpaired) electrons. The number of rotatable bonds is 5. The Kier molecular flexibility index (Phi) is 6.38. The smallest absolute Gasteiger partial charge is 0.0316 e. The van der Waals surface area contributed by atoms with Crippen molar-refractivity contribution >= 4 is 5.71 Å². The number of hydrogen-bond acceptors (Lipinski definition) is 1. The van der Waals surface area contributed by atoms with Gasteiger partial charge in [0.1, 0.15) is 0 Å². The van der Waals surface area contributed by atoms with Crippen molar-refractivity contribution in [2.45, 2.75) is 20.3 Å². The van der Waals surface area contributed by atoms with Crippen molar-refractivity contribution in [1.29, 1.82) is 0 Å². The van der Waals surface area contributed by atoms with E-state index in [9.17, 15) is 0 Å². The van der Waals surface area contributed by atoms with E-state index in [-0.39, 0.29) is 0 Å². The van der Waals surface area contributed by atoms with E-state index in [1.165, 1.54) is 5.57 Å². The maximum absolute atomic E-state index is 4.09. The van der Waals surface area contributed by atoms with E-state index in [4.69, 9.17) is 0 Å². The van der Waals surface area contributed by atoms with Crippen LogP contribution in [-0.2, 0) is 0 Å². The molecule has 14 heavy (non-hydrogen) atoms. The van der Waals surface area contributed by atoms with Gasteiger partial charge in [-0.3, -0.25) is 4.99 Å². The molecule has 0 saturated heterocycles. The highest BCUT2D eigenvalue weighted by Crippen LogP contribution is 2.13.